The van der Waals surface area contributed by atoms with Crippen LogP contribution < -0.4 is 4.90 Å². The van der Waals surface area contributed by atoms with Gasteiger partial charge in [0, 0.05) is 44.8 Å². The van der Waals surface area contributed by atoms with Crippen LogP contribution in [0.3, 0.4) is 0 Å². The molecule has 0 spiro atoms. The van der Waals surface area contributed by atoms with Crippen molar-refractivity contribution in [2.24, 2.45) is 5.92 Å². The fourth-order valence-electron chi connectivity index (χ4n) is 6.96. The van der Waals surface area contributed by atoms with Gasteiger partial charge in [-0.15, -0.1) is 0 Å². The molecule has 1 amide bonds. The Morgan fingerprint density at radius 2 is 1.36 bits per heavy atom. The maximum atomic E-state index is 14.5. The third-order valence-electron chi connectivity index (χ3n) is 9.86. The number of benzene rings is 4. The van der Waals surface area contributed by atoms with Crippen LogP contribution in [-0.4, -0.2) is 61.1 Å². The van der Waals surface area contributed by atoms with Crippen LogP contribution in [0.1, 0.15) is 40.7 Å². The number of alkyl halides is 3. The molecule has 2 aliphatic rings. The average Bonchev–Trinajstić information content (AvgIpc) is 3.15. The minimum Gasteiger partial charge on any atom is -0.378 e. The van der Waals surface area contributed by atoms with Gasteiger partial charge in [-0.05, 0) is 84.3 Å². The average molecular weight is 682 g/mol. The number of rotatable bonds is 12. The number of ether oxygens (including phenoxy) is 1. The SMILES string of the molecule is O=C([C@H](Cc1ccccc1)N(C=CCc1ccc(C(F)(F)F)cc1)Cc1ccc(N2CCOCC2)cc1)N1CCC(Cc2ccccc2)CC1. The first-order valence-corrected chi connectivity index (χ1v) is 17.7. The summed E-state index contributed by atoms with van der Waals surface area (Å²) in [6, 6.07) is 34.0. The molecule has 8 heteroatoms. The molecule has 5 nitrogen and oxygen atoms in total. The standard InChI is InChI=1S/C42H46F3N3O2/c43-42(44,45)38-17-13-33(14-18-38)12-7-23-48(32-37-15-19-39(20-16-37)46-26-28-50-29-27-46)40(31-35-10-5-2-6-11-35)41(49)47-24-21-36(22-25-47)30-34-8-3-1-4-9-34/h1-11,13-20,23,36,40H,12,21-22,24-32H2/t40-/m0/s1. The molecule has 4 aromatic carbocycles. The number of allylic oxidation sites excluding steroid dienone is 1. The number of hydrogen-bond acceptors (Lipinski definition) is 4. The smallest absolute Gasteiger partial charge is 0.378 e. The van der Waals surface area contributed by atoms with Gasteiger partial charge in [0.25, 0.3) is 0 Å². The van der Waals surface area contributed by atoms with Gasteiger partial charge < -0.3 is 19.4 Å². The van der Waals surface area contributed by atoms with Crippen LogP contribution in [0.4, 0.5) is 18.9 Å². The van der Waals surface area contributed by atoms with Crippen molar-refractivity contribution in [3.05, 3.63) is 149 Å². The molecular formula is C42H46F3N3O2. The Hall–Kier alpha value is -4.56. The molecule has 2 saturated heterocycles. The normalized spacial score (nSPS) is 16.5. The third kappa shape index (κ3) is 9.78. The highest BCUT2D eigenvalue weighted by atomic mass is 19.4. The summed E-state index contributed by atoms with van der Waals surface area (Å²) in [7, 11) is 0. The van der Waals surface area contributed by atoms with Crippen LogP contribution in [0, 0.1) is 5.92 Å². The summed E-state index contributed by atoms with van der Waals surface area (Å²) in [6.45, 7) is 5.10. The van der Waals surface area contributed by atoms with E-state index in [0.29, 0.717) is 38.5 Å². The number of anilines is 1. The zero-order valence-corrected chi connectivity index (χ0v) is 28.5. The quantitative estimate of drug-likeness (QED) is 0.151. The summed E-state index contributed by atoms with van der Waals surface area (Å²) in [5, 5.41) is 0. The van der Waals surface area contributed by atoms with E-state index in [1.165, 1.54) is 17.7 Å². The molecule has 0 bridgehead atoms. The Balaban J connectivity index is 1.23. The molecule has 1 atom stereocenters. The fraction of sp³-hybridized carbons (Fsp3) is 0.357. The summed E-state index contributed by atoms with van der Waals surface area (Å²) >= 11 is 0. The second-order valence-corrected chi connectivity index (χ2v) is 13.4. The molecule has 0 aromatic heterocycles. The molecule has 262 valence electrons. The predicted octanol–water partition coefficient (Wildman–Crippen LogP) is 8.19. The number of carbonyl (C=O) groups is 1. The lowest BCUT2D eigenvalue weighted by atomic mass is 9.89. The molecule has 2 aliphatic heterocycles. The molecule has 2 heterocycles. The molecule has 0 N–H and O–H groups in total. The van der Waals surface area contributed by atoms with Gasteiger partial charge >= 0.3 is 6.18 Å². The zero-order valence-electron chi connectivity index (χ0n) is 28.5. The van der Waals surface area contributed by atoms with Crippen molar-refractivity contribution < 1.29 is 22.7 Å². The second kappa shape index (κ2) is 16.9. The van der Waals surface area contributed by atoms with Crippen LogP contribution >= 0.6 is 0 Å². The minimum absolute atomic E-state index is 0.108. The number of morpholine rings is 1. The van der Waals surface area contributed by atoms with E-state index in [1.54, 1.807) is 0 Å². The van der Waals surface area contributed by atoms with Crippen molar-refractivity contribution >= 4 is 11.6 Å². The fourth-order valence-corrected chi connectivity index (χ4v) is 6.96. The first-order chi connectivity index (χ1) is 24.3. The first-order valence-electron chi connectivity index (χ1n) is 17.7. The molecule has 50 heavy (non-hydrogen) atoms. The van der Waals surface area contributed by atoms with Gasteiger partial charge in [0.2, 0.25) is 5.91 Å². The summed E-state index contributed by atoms with van der Waals surface area (Å²) in [5.41, 5.74) is 4.76. The Labute approximate surface area is 294 Å². The number of nitrogens with zero attached hydrogens (tertiary/aromatic N) is 3. The molecule has 0 saturated carbocycles. The van der Waals surface area contributed by atoms with Crippen molar-refractivity contribution in [2.45, 2.75) is 50.9 Å². The van der Waals surface area contributed by atoms with Crippen LogP contribution in [-0.2, 0) is 41.5 Å². The summed E-state index contributed by atoms with van der Waals surface area (Å²) in [6.07, 6.45) is 3.50. The van der Waals surface area contributed by atoms with E-state index in [4.69, 9.17) is 4.74 Å². The summed E-state index contributed by atoms with van der Waals surface area (Å²) < 4.78 is 45.0. The molecule has 0 unspecified atom stereocenters. The van der Waals surface area contributed by atoms with Gasteiger partial charge in [-0.1, -0.05) is 91.0 Å². The first kappa shape index (κ1) is 35.3. The van der Waals surface area contributed by atoms with Gasteiger partial charge in [0.05, 0.1) is 18.8 Å². The monoisotopic (exact) mass is 681 g/mol. The highest BCUT2D eigenvalue weighted by Crippen LogP contribution is 2.29. The van der Waals surface area contributed by atoms with Gasteiger partial charge in [-0.2, -0.15) is 13.2 Å². The lowest BCUT2D eigenvalue weighted by Gasteiger charge is -2.38. The Morgan fingerprint density at radius 3 is 1.98 bits per heavy atom. The topological polar surface area (TPSA) is 36.0 Å². The van der Waals surface area contributed by atoms with Crippen molar-refractivity contribution in [3.8, 4) is 0 Å². The lowest BCUT2D eigenvalue weighted by molar-refractivity contribution is -0.138. The van der Waals surface area contributed by atoms with Crippen molar-refractivity contribution in [1.82, 2.24) is 9.80 Å². The van der Waals surface area contributed by atoms with E-state index in [9.17, 15) is 18.0 Å². The van der Waals surface area contributed by atoms with Crippen LogP contribution in [0.2, 0.25) is 0 Å². The van der Waals surface area contributed by atoms with E-state index in [2.05, 4.69) is 70.5 Å². The van der Waals surface area contributed by atoms with Gasteiger partial charge in [-0.3, -0.25) is 4.79 Å². The Bertz CT molecular complexity index is 1650. The maximum Gasteiger partial charge on any atom is 0.416 e. The molecule has 4 aromatic rings. The highest BCUT2D eigenvalue weighted by molar-refractivity contribution is 5.82. The van der Waals surface area contributed by atoms with Gasteiger partial charge in [-0.25, -0.2) is 0 Å². The Kier molecular flexibility index (Phi) is 11.9. The third-order valence-corrected chi connectivity index (χ3v) is 9.86. The van der Waals surface area contributed by atoms with E-state index < -0.39 is 17.8 Å². The number of piperidine rings is 1. The molecule has 0 radical (unpaired) electrons. The zero-order chi connectivity index (χ0) is 34.8. The van der Waals surface area contributed by atoms with Gasteiger partial charge in [0.15, 0.2) is 0 Å². The van der Waals surface area contributed by atoms with E-state index >= 15 is 0 Å². The van der Waals surface area contributed by atoms with Crippen LogP contribution in [0.5, 0.6) is 0 Å². The highest BCUT2D eigenvalue weighted by Gasteiger charge is 2.32. The van der Waals surface area contributed by atoms with E-state index in [-0.39, 0.29) is 5.91 Å². The lowest BCUT2D eigenvalue weighted by Crippen LogP contribution is -2.50. The maximum absolute atomic E-state index is 14.5. The van der Waals surface area contributed by atoms with E-state index in [1.807, 2.05) is 41.4 Å². The van der Waals surface area contributed by atoms with Gasteiger partial charge in [0.1, 0.15) is 6.04 Å². The minimum atomic E-state index is -4.37. The number of hydrogen-bond donors (Lipinski definition) is 0. The number of likely N-dealkylation sites (tertiary alicyclic amines) is 1. The van der Waals surface area contributed by atoms with Crippen molar-refractivity contribution in [2.75, 3.05) is 44.3 Å². The number of carbonyl (C=O) groups excluding carboxylic acids is 1. The number of amides is 1. The van der Waals surface area contributed by atoms with Crippen LogP contribution in [0.15, 0.2) is 121 Å². The summed E-state index contributed by atoms with van der Waals surface area (Å²) in [4.78, 5) is 21.0. The van der Waals surface area contributed by atoms with Crippen molar-refractivity contribution in [1.29, 1.82) is 0 Å². The molecule has 0 aliphatic carbocycles. The largest absolute Gasteiger partial charge is 0.416 e. The molecule has 2 fully saturated rings. The molecule has 6 rings (SSSR count). The number of halogens is 3. The van der Waals surface area contributed by atoms with E-state index in [0.717, 1.165) is 80.0 Å². The van der Waals surface area contributed by atoms with Crippen molar-refractivity contribution in [3.63, 3.8) is 0 Å². The molecular weight excluding hydrogens is 635 g/mol. The van der Waals surface area contributed by atoms with Crippen LogP contribution in [0.25, 0.3) is 0 Å². The predicted molar refractivity (Wildman–Crippen MR) is 193 cm³/mol. The second-order valence-electron chi connectivity index (χ2n) is 13.4. The Morgan fingerprint density at radius 1 is 0.760 bits per heavy atom. The summed E-state index contributed by atoms with van der Waals surface area (Å²) in [5.74, 6) is 0.648.